The minimum atomic E-state index is 0.483. The number of benzene rings is 2. The number of piperidine rings is 1. The molecule has 2 saturated heterocycles. The fraction of sp³-hybridized carbons (Fsp3) is 0.400. The standard InChI is InChI=1S/C30H36N8O/c1-36(21-24-10-6-3-7-11-24)28-27-26(32-22-33-28)29(37-16-18-39-19-17-37)35-30(34-27)38-14-12-25(13-15-38)31-20-23-8-4-2-5-9-23/h2-11,22,25,31H,12-21H2,1H3. The fourth-order valence-electron chi connectivity index (χ4n) is 5.40. The number of ether oxygens (including phenoxy) is 1. The molecule has 2 aliphatic rings. The van der Waals surface area contributed by atoms with Crippen molar-refractivity contribution >= 4 is 28.6 Å². The number of rotatable bonds is 8. The van der Waals surface area contributed by atoms with Crippen molar-refractivity contribution in [3.05, 3.63) is 78.1 Å². The van der Waals surface area contributed by atoms with Gasteiger partial charge in [0, 0.05) is 52.4 Å². The van der Waals surface area contributed by atoms with Gasteiger partial charge in [0.1, 0.15) is 17.4 Å². The molecule has 0 radical (unpaired) electrons. The molecule has 2 aromatic carbocycles. The zero-order chi connectivity index (χ0) is 26.4. The van der Waals surface area contributed by atoms with Gasteiger partial charge in [-0.2, -0.15) is 4.98 Å². The van der Waals surface area contributed by atoms with Gasteiger partial charge in [0.15, 0.2) is 11.6 Å². The molecule has 202 valence electrons. The van der Waals surface area contributed by atoms with Crippen molar-refractivity contribution < 1.29 is 4.74 Å². The predicted molar refractivity (Wildman–Crippen MR) is 155 cm³/mol. The lowest BCUT2D eigenvalue weighted by Gasteiger charge is -2.34. The molecule has 0 aliphatic carbocycles. The van der Waals surface area contributed by atoms with Crippen LogP contribution in [-0.2, 0) is 17.8 Å². The van der Waals surface area contributed by atoms with Crippen LogP contribution in [0.4, 0.5) is 17.6 Å². The van der Waals surface area contributed by atoms with E-state index in [9.17, 15) is 0 Å². The summed E-state index contributed by atoms with van der Waals surface area (Å²) in [5.41, 5.74) is 4.14. The van der Waals surface area contributed by atoms with Gasteiger partial charge in [-0.15, -0.1) is 0 Å². The van der Waals surface area contributed by atoms with E-state index in [0.29, 0.717) is 19.3 Å². The van der Waals surface area contributed by atoms with E-state index in [1.54, 1.807) is 6.33 Å². The first-order valence-electron chi connectivity index (χ1n) is 13.9. The zero-order valence-electron chi connectivity index (χ0n) is 22.5. The summed E-state index contributed by atoms with van der Waals surface area (Å²) >= 11 is 0. The highest BCUT2D eigenvalue weighted by Crippen LogP contribution is 2.31. The Morgan fingerprint density at radius 2 is 1.51 bits per heavy atom. The van der Waals surface area contributed by atoms with Gasteiger partial charge in [0.2, 0.25) is 5.95 Å². The van der Waals surface area contributed by atoms with E-state index in [-0.39, 0.29) is 0 Å². The van der Waals surface area contributed by atoms with Crippen LogP contribution in [0, 0.1) is 0 Å². The van der Waals surface area contributed by atoms with Gasteiger partial charge in [-0.3, -0.25) is 0 Å². The van der Waals surface area contributed by atoms with E-state index in [4.69, 9.17) is 19.7 Å². The van der Waals surface area contributed by atoms with Crippen molar-refractivity contribution in [1.82, 2.24) is 25.3 Å². The summed E-state index contributed by atoms with van der Waals surface area (Å²) in [5, 5.41) is 3.73. The number of fused-ring (bicyclic) bond motifs is 1. The monoisotopic (exact) mass is 524 g/mol. The molecule has 2 aliphatic heterocycles. The average Bonchev–Trinajstić information content (AvgIpc) is 3.01. The summed E-state index contributed by atoms with van der Waals surface area (Å²) in [4.78, 5) is 26.3. The summed E-state index contributed by atoms with van der Waals surface area (Å²) in [6.07, 6.45) is 3.73. The summed E-state index contributed by atoms with van der Waals surface area (Å²) in [7, 11) is 2.06. The number of morpholine rings is 1. The van der Waals surface area contributed by atoms with Crippen LogP contribution < -0.4 is 20.0 Å². The SMILES string of the molecule is CN(Cc1ccccc1)c1ncnc2c(N3CCOCC3)nc(N3CCC(NCc4ccccc4)CC3)nc12. The fourth-order valence-corrected chi connectivity index (χ4v) is 5.40. The molecule has 0 atom stereocenters. The van der Waals surface area contributed by atoms with Crippen LogP contribution in [0.25, 0.3) is 11.0 Å². The molecule has 2 aromatic heterocycles. The van der Waals surface area contributed by atoms with Crippen molar-refractivity contribution in [2.45, 2.75) is 32.0 Å². The first-order valence-corrected chi connectivity index (χ1v) is 13.9. The van der Waals surface area contributed by atoms with Crippen molar-refractivity contribution in [3.63, 3.8) is 0 Å². The number of nitrogens with zero attached hydrogens (tertiary/aromatic N) is 7. The summed E-state index contributed by atoms with van der Waals surface area (Å²) < 4.78 is 5.63. The Kier molecular flexibility index (Phi) is 7.78. The first kappa shape index (κ1) is 25.5. The van der Waals surface area contributed by atoms with Gasteiger partial charge in [-0.1, -0.05) is 60.7 Å². The minimum Gasteiger partial charge on any atom is -0.378 e. The van der Waals surface area contributed by atoms with Crippen molar-refractivity contribution in [2.24, 2.45) is 0 Å². The Hall–Kier alpha value is -3.82. The first-order chi connectivity index (χ1) is 19.2. The molecule has 4 heterocycles. The second-order valence-electron chi connectivity index (χ2n) is 10.3. The van der Waals surface area contributed by atoms with Crippen molar-refractivity contribution in [1.29, 1.82) is 0 Å². The Bertz CT molecular complexity index is 1360. The van der Waals surface area contributed by atoms with Gasteiger partial charge in [-0.05, 0) is 24.0 Å². The summed E-state index contributed by atoms with van der Waals surface area (Å²) in [6.45, 7) is 6.39. The maximum atomic E-state index is 5.63. The molecular formula is C30H36N8O. The largest absolute Gasteiger partial charge is 0.378 e. The molecule has 39 heavy (non-hydrogen) atoms. The molecule has 0 unspecified atom stereocenters. The molecule has 1 N–H and O–H groups in total. The minimum absolute atomic E-state index is 0.483. The molecule has 0 bridgehead atoms. The summed E-state index contributed by atoms with van der Waals surface area (Å²) in [5.74, 6) is 2.45. The topological polar surface area (TPSA) is 82.5 Å². The molecule has 9 heteroatoms. The lowest BCUT2D eigenvalue weighted by atomic mass is 10.0. The Morgan fingerprint density at radius 1 is 0.821 bits per heavy atom. The smallest absolute Gasteiger partial charge is 0.228 e. The van der Waals surface area contributed by atoms with Gasteiger partial charge in [0.25, 0.3) is 0 Å². The highest BCUT2D eigenvalue weighted by molar-refractivity contribution is 5.94. The normalized spacial score (nSPS) is 16.5. The van der Waals surface area contributed by atoms with Crippen LogP contribution in [0.2, 0.25) is 0 Å². The van der Waals surface area contributed by atoms with E-state index in [2.05, 4.69) is 86.6 Å². The van der Waals surface area contributed by atoms with Crippen LogP contribution >= 0.6 is 0 Å². The quantitative estimate of drug-likeness (QED) is 0.371. The third kappa shape index (κ3) is 5.94. The van der Waals surface area contributed by atoms with Gasteiger partial charge >= 0.3 is 0 Å². The summed E-state index contributed by atoms with van der Waals surface area (Å²) in [6, 6.07) is 21.5. The maximum absolute atomic E-state index is 5.63. The van der Waals surface area contributed by atoms with E-state index >= 15 is 0 Å². The number of anilines is 3. The van der Waals surface area contributed by atoms with Crippen LogP contribution in [0.15, 0.2) is 67.0 Å². The Balaban J connectivity index is 1.26. The van der Waals surface area contributed by atoms with Crippen LogP contribution in [0.1, 0.15) is 24.0 Å². The van der Waals surface area contributed by atoms with Crippen LogP contribution in [-0.4, -0.2) is 72.4 Å². The van der Waals surface area contributed by atoms with Crippen molar-refractivity contribution in [2.75, 3.05) is 61.1 Å². The average molecular weight is 525 g/mol. The molecule has 0 saturated carbocycles. The lowest BCUT2D eigenvalue weighted by molar-refractivity contribution is 0.122. The molecule has 2 fully saturated rings. The number of aromatic nitrogens is 4. The second-order valence-corrected chi connectivity index (χ2v) is 10.3. The Morgan fingerprint density at radius 3 is 2.23 bits per heavy atom. The number of hydrogen-bond acceptors (Lipinski definition) is 9. The lowest BCUT2D eigenvalue weighted by Crippen LogP contribution is -2.43. The maximum Gasteiger partial charge on any atom is 0.228 e. The zero-order valence-corrected chi connectivity index (χ0v) is 22.5. The molecule has 6 rings (SSSR count). The van der Waals surface area contributed by atoms with Crippen molar-refractivity contribution in [3.8, 4) is 0 Å². The molecule has 4 aromatic rings. The molecule has 0 amide bonds. The van der Waals surface area contributed by atoms with E-state index in [1.165, 1.54) is 11.1 Å². The van der Waals surface area contributed by atoms with Crippen LogP contribution in [0.5, 0.6) is 0 Å². The molecule has 9 nitrogen and oxygen atoms in total. The Labute approximate surface area is 229 Å². The predicted octanol–water partition coefficient (Wildman–Crippen LogP) is 3.65. The third-order valence-electron chi connectivity index (χ3n) is 7.58. The van der Waals surface area contributed by atoms with Crippen LogP contribution in [0.3, 0.4) is 0 Å². The van der Waals surface area contributed by atoms with Gasteiger partial charge in [0.05, 0.1) is 13.2 Å². The van der Waals surface area contributed by atoms with E-state index < -0.39 is 0 Å². The number of nitrogens with one attached hydrogen (secondary N) is 1. The van der Waals surface area contributed by atoms with Gasteiger partial charge in [-0.25, -0.2) is 15.0 Å². The van der Waals surface area contributed by atoms with E-state index in [1.807, 2.05) is 6.07 Å². The highest BCUT2D eigenvalue weighted by Gasteiger charge is 2.26. The molecular weight excluding hydrogens is 488 g/mol. The highest BCUT2D eigenvalue weighted by atomic mass is 16.5. The van der Waals surface area contributed by atoms with Gasteiger partial charge < -0.3 is 24.8 Å². The number of hydrogen-bond donors (Lipinski definition) is 1. The molecule has 0 spiro atoms. The second kappa shape index (κ2) is 11.9. The van der Waals surface area contributed by atoms with E-state index in [0.717, 1.165) is 80.7 Å². The third-order valence-corrected chi connectivity index (χ3v) is 7.58.